The van der Waals surface area contributed by atoms with E-state index < -0.39 is 0 Å². The number of benzene rings is 2. The van der Waals surface area contributed by atoms with Crippen molar-refractivity contribution in [2.24, 2.45) is 0 Å². The SMILES string of the molecule is CC(=O)c1ccc(OCC(=O)Nc2nnc(SCc3ccccc3)s2)cc1. The molecule has 3 aromatic rings. The topological polar surface area (TPSA) is 81.2 Å². The maximum absolute atomic E-state index is 12.0. The molecular weight excluding hydrogens is 382 g/mol. The molecule has 0 aliphatic carbocycles. The minimum absolute atomic E-state index is 0.0171. The number of Topliss-reactive ketones (excluding diaryl/α,β-unsaturated/α-hetero) is 1. The zero-order chi connectivity index (χ0) is 19.1. The van der Waals surface area contributed by atoms with Gasteiger partial charge >= 0.3 is 0 Å². The highest BCUT2D eigenvalue weighted by Crippen LogP contribution is 2.28. The Morgan fingerprint density at radius 1 is 1.07 bits per heavy atom. The number of ketones is 1. The second-order valence-corrected chi connectivity index (χ2v) is 7.76. The third kappa shape index (κ3) is 5.90. The Bertz CT molecular complexity index is 911. The van der Waals surface area contributed by atoms with Crippen molar-refractivity contribution in [3.05, 3.63) is 65.7 Å². The van der Waals surface area contributed by atoms with Gasteiger partial charge in [-0.1, -0.05) is 53.4 Å². The fourth-order valence-electron chi connectivity index (χ4n) is 2.13. The molecule has 2 aromatic carbocycles. The van der Waals surface area contributed by atoms with E-state index in [-0.39, 0.29) is 18.3 Å². The Balaban J connectivity index is 1.45. The van der Waals surface area contributed by atoms with E-state index in [0.717, 1.165) is 10.1 Å². The molecule has 0 spiro atoms. The van der Waals surface area contributed by atoms with Crippen LogP contribution in [0, 0.1) is 0 Å². The predicted molar refractivity (Wildman–Crippen MR) is 106 cm³/mol. The molecule has 0 aliphatic heterocycles. The molecule has 6 nitrogen and oxygen atoms in total. The number of thioether (sulfide) groups is 1. The minimum atomic E-state index is -0.318. The first kappa shape index (κ1) is 19.1. The Morgan fingerprint density at radius 2 is 1.81 bits per heavy atom. The smallest absolute Gasteiger partial charge is 0.264 e. The molecular formula is C19H17N3O3S2. The van der Waals surface area contributed by atoms with Gasteiger partial charge in [-0.15, -0.1) is 10.2 Å². The third-order valence-corrected chi connectivity index (χ3v) is 5.53. The van der Waals surface area contributed by atoms with E-state index >= 15 is 0 Å². The summed E-state index contributed by atoms with van der Waals surface area (Å²) in [5, 5.41) is 11.2. The Labute approximate surface area is 165 Å². The van der Waals surface area contributed by atoms with E-state index in [2.05, 4.69) is 27.6 Å². The van der Waals surface area contributed by atoms with Crippen molar-refractivity contribution in [1.82, 2.24) is 10.2 Å². The summed E-state index contributed by atoms with van der Waals surface area (Å²) in [6.45, 7) is 1.35. The van der Waals surface area contributed by atoms with Gasteiger partial charge in [-0.25, -0.2) is 0 Å². The Hall–Kier alpha value is -2.71. The van der Waals surface area contributed by atoms with E-state index in [0.29, 0.717) is 16.4 Å². The number of ether oxygens (including phenoxy) is 1. The van der Waals surface area contributed by atoms with E-state index in [1.165, 1.54) is 23.8 Å². The van der Waals surface area contributed by atoms with Gasteiger partial charge in [0.1, 0.15) is 5.75 Å². The molecule has 0 saturated carbocycles. The summed E-state index contributed by atoms with van der Waals surface area (Å²) in [6.07, 6.45) is 0. The summed E-state index contributed by atoms with van der Waals surface area (Å²) in [5.74, 6) is 0.979. The van der Waals surface area contributed by atoms with Gasteiger partial charge in [0.15, 0.2) is 16.7 Å². The third-order valence-electron chi connectivity index (χ3n) is 3.49. The van der Waals surface area contributed by atoms with E-state index in [9.17, 15) is 9.59 Å². The van der Waals surface area contributed by atoms with Crippen molar-refractivity contribution < 1.29 is 14.3 Å². The lowest BCUT2D eigenvalue weighted by atomic mass is 10.1. The highest BCUT2D eigenvalue weighted by Gasteiger charge is 2.10. The van der Waals surface area contributed by atoms with Gasteiger partial charge in [-0.3, -0.25) is 14.9 Å². The van der Waals surface area contributed by atoms with Crippen molar-refractivity contribution in [3.63, 3.8) is 0 Å². The number of carbonyl (C=O) groups excluding carboxylic acids is 2. The van der Waals surface area contributed by atoms with Crippen molar-refractivity contribution >= 4 is 39.9 Å². The first-order valence-electron chi connectivity index (χ1n) is 8.14. The highest BCUT2D eigenvalue weighted by atomic mass is 32.2. The van der Waals surface area contributed by atoms with Crippen LogP contribution in [-0.4, -0.2) is 28.5 Å². The van der Waals surface area contributed by atoms with Gasteiger partial charge in [0.2, 0.25) is 5.13 Å². The number of hydrogen-bond acceptors (Lipinski definition) is 7. The molecule has 0 atom stereocenters. The van der Waals surface area contributed by atoms with Crippen LogP contribution in [0.3, 0.4) is 0 Å². The summed E-state index contributed by atoms with van der Waals surface area (Å²) in [4.78, 5) is 23.2. The van der Waals surface area contributed by atoms with Crippen LogP contribution in [-0.2, 0) is 10.5 Å². The zero-order valence-electron chi connectivity index (χ0n) is 14.5. The fourth-order valence-corrected chi connectivity index (χ4v) is 3.85. The molecule has 0 radical (unpaired) electrons. The lowest BCUT2D eigenvalue weighted by molar-refractivity contribution is -0.118. The van der Waals surface area contributed by atoms with E-state index in [1.807, 2.05) is 18.2 Å². The van der Waals surface area contributed by atoms with Gasteiger partial charge in [0.25, 0.3) is 5.91 Å². The van der Waals surface area contributed by atoms with Crippen molar-refractivity contribution in [2.45, 2.75) is 17.0 Å². The number of amides is 1. The molecule has 3 rings (SSSR count). The van der Waals surface area contributed by atoms with Gasteiger partial charge in [-0.05, 0) is 36.8 Å². The molecule has 27 heavy (non-hydrogen) atoms. The van der Waals surface area contributed by atoms with Crippen LogP contribution < -0.4 is 10.1 Å². The summed E-state index contributed by atoms with van der Waals surface area (Å²) in [5.41, 5.74) is 1.80. The largest absolute Gasteiger partial charge is 0.484 e. The number of rotatable bonds is 8. The van der Waals surface area contributed by atoms with Crippen LogP contribution in [0.15, 0.2) is 58.9 Å². The van der Waals surface area contributed by atoms with Gasteiger partial charge in [-0.2, -0.15) is 0 Å². The van der Waals surface area contributed by atoms with Crippen LogP contribution in [0.5, 0.6) is 5.75 Å². The maximum atomic E-state index is 12.0. The number of hydrogen-bond donors (Lipinski definition) is 1. The average Bonchev–Trinajstić information content (AvgIpc) is 3.13. The number of aromatic nitrogens is 2. The second-order valence-electron chi connectivity index (χ2n) is 5.56. The zero-order valence-corrected chi connectivity index (χ0v) is 16.2. The lowest BCUT2D eigenvalue weighted by Gasteiger charge is -2.06. The van der Waals surface area contributed by atoms with Crippen LogP contribution in [0.4, 0.5) is 5.13 Å². The van der Waals surface area contributed by atoms with Gasteiger partial charge < -0.3 is 4.74 Å². The van der Waals surface area contributed by atoms with Crippen molar-refractivity contribution in [1.29, 1.82) is 0 Å². The molecule has 138 valence electrons. The summed E-state index contributed by atoms with van der Waals surface area (Å²) >= 11 is 2.89. The quantitative estimate of drug-likeness (QED) is 0.350. The maximum Gasteiger partial charge on any atom is 0.264 e. The Morgan fingerprint density at radius 3 is 2.52 bits per heavy atom. The molecule has 0 bridgehead atoms. The molecule has 8 heteroatoms. The van der Waals surface area contributed by atoms with Crippen LogP contribution in [0.2, 0.25) is 0 Å². The summed E-state index contributed by atoms with van der Waals surface area (Å²) < 4.78 is 6.20. The van der Waals surface area contributed by atoms with E-state index in [1.54, 1.807) is 36.0 Å². The van der Waals surface area contributed by atoms with E-state index in [4.69, 9.17) is 4.74 Å². The minimum Gasteiger partial charge on any atom is -0.484 e. The molecule has 0 fully saturated rings. The first-order chi connectivity index (χ1) is 13.1. The molecule has 0 aliphatic rings. The molecule has 0 saturated heterocycles. The fraction of sp³-hybridized carbons (Fsp3) is 0.158. The van der Waals surface area contributed by atoms with Crippen LogP contribution >= 0.6 is 23.1 Å². The second kappa shape index (κ2) is 9.29. The van der Waals surface area contributed by atoms with Crippen LogP contribution in [0.25, 0.3) is 0 Å². The molecule has 1 aromatic heterocycles. The normalized spacial score (nSPS) is 10.4. The number of nitrogens with zero attached hydrogens (tertiary/aromatic N) is 2. The van der Waals surface area contributed by atoms with Crippen molar-refractivity contribution in [2.75, 3.05) is 11.9 Å². The molecule has 1 N–H and O–H groups in total. The number of anilines is 1. The number of nitrogens with one attached hydrogen (secondary N) is 1. The Kier molecular flexibility index (Phi) is 6.56. The summed E-state index contributed by atoms with van der Waals surface area (Å²) in [6, 6.07) is 16.7. The first-order valence-corrected chi connectivity index (χ1v) is 9.94. The van der Waals surface area contributed by atoms with Gasteiger partial charge in [0, 0.05) is 11.3 Å². The number of carbonyl (C=O) groups is 2. The predicted octanol–water partition coefficient (Wildman–Crippen LogP) is 4.05. The monoisotopic (exact) mass is 399 g/mol. The van der Waals surface area contributed by atoms with Crippen LogP contribution in [0.1, 0.15) is 22.8 Å². The van der Waals surface area contributed by atoms with Crippen molar-refractivity contribution in [3.8, 4) is 5.75 Å². The molecule has 1 amide bonds. The summed E-state index contributed by atoms with van der Waals surface area (Å²) in [7, 11) is 0. The van der Waals surface area contributed by atoms with Gasteiger partial charge in [0.05, 0.1) is 0 Å². The molecule has 1 heterocycles. The molecule has 0 unspecified atom stereocenters. The highest BCUT2D eigenvalue weighted by molar-refractivity contribution is 8.00. The standard InChI is InChI=1S/C19H17N3O3S2/c1-13(23)15-7-9-16(10-8-15)25-11-17(24)20-18-21-22-19(27-18)26-12-14-5-3-2-4-6-14/h2-10H,11-12H2,1H3,(H,20,21,24). The average molecular weight is 399 g/mol. The lowest BCUT2D eigenvalue weighted by Crippen LogP contribution is -2.20.